The molecule has 0 aliphatic heterocycles. The minimum Gasteiger partial charge on any atom is -0.322 e. The quantitative estimate of drug-likeness (QED) is 0.617. The summed E-state index contributed by atoms with van der Waals surface area (Å²) in [7, 11) is 1.88. The Balaban J connectivity index is 1.63. The van der Waals surface area contributed by atoms with E-state index in [4.69, 9.17) is 0 Å². The van der Waals surface area contributed by atoms with Gasteiger partial charge in [-0.15, -0.1) is 10.2 Å². The molecule has 2 aromatic carbocycles. The lowest BCUT2D eigenvalue weighted by molar-refractivity contribution is 0.102. The van der Waals surface area contributed by atoms with Gasteiger partial charge in [0, 0.05) is 30.7 Å². The maximum atomic E-state index is 12.8. The highest BCUT2D eigenvalue weighted by atomic mass is 16.1. The van der Waals surface area contributed by atoms with E-state index in [-0.39, 0.29) is 5.91 Å². The number of rotatable bonds is 4. The Morgan fingerprint density at radius 3 is 2.73 bits per heavy atom. The number of carbonyl (C=O) groups is 1. The molecule has 0 spiro atoms. The predicted molar refractivity (Wildman–Crippen MR) is 98.0 cm³/mol. The molecule has 2 heterocycles. The van der Waals surface area contributed by atoms with Gasteiger partial charge in [-0.2, -0.15) is 5.10 Å². The highest BCUT2D eigenvalue weighted by Crippen LogP contribution is 2.21. The van der Waals surface area contributed by atoms with Crippen molar-refractivity contribution in [2.75, 3.05) is 5.32 Å². The molecule has 7 nitrogen and oxygen atoms in total. The van der Waals surface area contributed by atoms with Crippen LogP contribution in [0.4, 0.5) is 5.69 Å². The predicted octanol–water partition coefficient (Wildman–Crippen LogP) is 2.92. The third-order valence-corrected chi connectivity index (χ3v) is 3.99. The Bertz CT molecular complexity index is 1050. The van der Waals surface area contributed by atoms with Gasteiger partial charge in [0.05, 0.1) is 11.3 Å². The van der Waals surface area contributed by atoms with Crippen molar-refractivity contribution in [3.05, 3.63) is 78.9 Å². The van der Waals surface area contributed by atoms with Crippen molar-refractivity contribution in [3.8, 4) is 17.1 Å². The van der Waals surface area contributed by atoms with Crippen molar-refractivity contribution in [1.82, 2.24) is 24.5 Å². The largest absolute Gasteiger partial charge is 0.322 e. The molecular weight excluding hydrogens is 328 g/mol. The van der Waals surface area contributed by atoms with E-state index in [2.05, 4.69) is 20.6 Å². The van der Waals surface area contributed by atoms with Crippen LogP contribution < -0.4 is 5.32 Å². The van der Waals surface area contributed by atoms with Crippen molar-refractivity contribution >= 4 is 11.6 Å². The lowest BCUT2D eigenvalue weighted by atomic mass is 10.1. The highest BCUT2D eigenvalue weighted by Gasteiger charge is 2.13. The highest BCUT2D eigenvalue weighted by molar-refractivity contribution is 6.06. The third kappa shape index (κ3) is 2.98. The minimum atomic E-state index is -0.203. The molecule has 26 heavy (non-hydrogen) atoms. The molecule has 0 saturated carbocycles. The summed E-state index contributed by atoms with van der Waals surface area (Å²) >= 11 is 0. The topological polar surface area (TPSA) is 77.6 Å². The summed E-state index contributed by atoms with van der Waals surface area (Å²) in [6, 6.07) is 16.7. The number of nitrogens with one attached hydrogen (secondary N) is 1. The zero-order chi connectivity index (χ0) is 17.9. The maximum absolute atomic E-state index is 12.8. The maximum Gasteiger partial charge on any atom is 0.257 e. The van der Waals surface area contributed by atoms with Gasteiger partial charge in [-0.3, -0.25) is 4.79 Å². The second kappa shape index (κ2) is 6.64. The summed E-state index contributed by atoms with van der Waals surface area (Å²) < 4.78 is 3.50. The molecule has 0 radical (unpaired) electrons. The van der Waals surface area contributed by atoms with Crippen molar-refractivity contribution in [3.63, 3.8) is 0 Å². The van der Waals surface area contributed by atoms with E-state index in [1.54, 1.807) is 29.5 Å². The average molecular weight is 344 g/mol. The summed E-state index contributed by atoms with van der Waals surface area (Å²) in [5.41, 5.74) is 2.83. The van der Waals surface area contributed by atoms with Crippen molar-refractivity contribution in [1.29, 1.82) is 0 Å². The van der Waals surface area contributed by atoms with Crippen molar-refractivity contribution in [2.45, 2.75) is 0 Å². The Hall–Kier alpha value is -3.74. The number of hydrogen-bond donors (Lipinski definition) is 1. The molecule has 0 fully saturated rings. The van der Waals surface area contributed by atoms with Crippen LogP contribution in [0.5, 0.6) is 0 Å². The monoisotopic (exact) mass is 344 g/mol. The SMILES string of the molecule is Cn1cnnc1-c1cccc(NC(=O)c2ccccc2-n2cccn2)c1. The van der Waals surface area contributed by atoms with Crippen LogP contribution in [0.2, 0.25) is 0 Å². The fourth-order valence-electron chi connectivity index (χ4n) is 2.76. The molecule has 7 heteroatoms. The first-order valence-electron chi connectivity index (χ1n) is 8.07. The number of aromatic nitrogens is 5. The molecule has 0 unspecified atom stereocenters. The first-order chi connectivity index (χ1) is 12.7. The fourth-order valence-corrected chi connectivity index (χ4v) is 2.76. The number of aryl methyl sites for hydroxylation is 1. The number of amides is 1. The number of hydrogen-bond acceptors (Lipinski definition) is 4. The molecule has 0 bridgehead atoms. The second-order valence-corrected chi connectivity index (χ2v) is 5.77. The third-order valence-electron chi connectivity index (χ3n) is 3.99. The van der Waals surface area contributed by atoms with Crippen LogP contribution in [0.1, 0.15) is 10.4 Å². The van der Waals surface area contributed by atoms with Gasteiger partial charge in [-0.25, -0.2) is 4.68 Å². The van der Waals surface area contributed by atoms with E-state index >= 15 is 0 Å². The first-order valence-corrected chi connectivity index (χ1v) is 8.07. The van der Waals surface area contributed by atoms with Crippen LogP contribution in [0.25, 0.3) is 17.1 Å². The number of carbonyl (C=O) groups excluding carboxylic acids is 1. The summed E-state index contributed by atoms with van der Waals surface area (Å²) in [4.78, 5) is 12.8. The molecule has 0 aliphatic rings. The van der Waals surface area contributed by atoms with Crippen molar-refractivity contribution in [2.24, 2.45) is 7.05 Å². The number of anilines is 1. The van der Waals surface area contributed by atoms with Crippen LogP contribution in [0, 0.1) is 0 Å². The minimum absolute atomic E-state index is 0.203. The van der Waals surface area contributed by atoms with Gasteiger partial charge < -0.3 is 9.88 Å². The van der Waals surface area contributed by atoms with Crippen molar-refractivity contribution < 1.29 is 4.79 Å². The molecule has 1 amide bonds. The molecule has 4 rings (SSSR count). The smallest absolute Gasteiger partial charge is 0.257 e. The summed E-state index contributed by atoms with van der Waals surface area (Å²) in [6.45, 7) is 0. The second-order valence-electron chi connectivity index (χ2n) is 5.77. The Morgan fingerprint density at radius 2 is 1.96 bits per heavy atom. The Morgan fingerprint density at radius 1 is 1.08 bits per heavy atom. The number of para-hydroxylation sites is 1. The standard InChI is InChI=1S/C19H16N6O/c1-24-13-20-23-18(24)14-6-4-7-15(12-14)22-19(26)16-8-2-3-9-17(16)25-11-5-10-21-25/h2-13H,1H3,(H,22,26). The van der Waals surface area contributed by atoms with Gasteiger partial charge in [-0.1, -0.05) is 24.3 Å². The van der Waals surface area contributed by atoms with Crippen LogP contribution >= 0.6 is 0 Å². The van der Waals surface area contributed by atoms with Gasteiger partial charge in [0.15, 0.2) is 5.82 Å². The summed E-state index contributed by atoms with van der Waals surface area (Å²) in [5, 5.41) is 15.2. The Labute approximate surface area is 149 Å². The van der Waals surface area contributed by atoms with E-state index in [0.717, 1.165) is 17.1 Å². The Kier molecular flexibility index (Phi) is 4.03. The molecule has 128 valence electrons. The summed E-state index contributed by atoms with van der Waals surface area (Å²) in [5.74, 6) is 0.532. The zero-order valence-electron chi connectivity index (χ0n) is 14.1. The van der Waals surface area contributed by atoms with E-state index in [1.165, 1.54) is 0 Å². The van der Waals surface area contributed by atoms with E-state index < -0.39 is 0 Å². The van der Waals surface area contributed by atoms with Gasteiger partial charge in [0.25, 0.3) is 5.91 Å². The molecule has 1 N–H and O–H groups in total. The molecular formula is C19H16N6O. The van der Waals surface area contributed by atoms with E-state index in [9.17, 15) is 4.79 Å². The molecule has 0 aliphatic carbocycles. The van der Waals surface area contributed by atoms with E-state index in [1.807, 2.05) is 60.1 Å². The lowest BCUT2D eigenvalue weighted by Crippen LogP contribution is -2.15. The fraction of sp³-hybridized carbons (Fsp3) is 0.0526. The van der Waals surface area contributed by atoms with E-state index in [0.29, 0.717) is 11.3 Å². The van der Waals surface area contributed by atoms with Gasteiger partial charge in [0.2, 0.25) is 0 Å². The first kappa shape index (κ1) is 15.8. The van der Waals surface area contributed by atoms with Gasteiger partial charge >= 0.3 is 0 Å². The lowest BCUT2D eigenvalue weighted by Gasteiger charge is -2.11. The normalized spacial score (nSPS) is 10.7. The van der Waals surface area contributed by atoms with Gasteiger partial charge in [-0.05, 0) is 30.3 Å². The average Bonchev–Trinajstić information content (AvgIpc) is 3.33. The van der Waals surface area contributed by atoms with Crippen LogP contribution in [-0.2, 0) is 7.05 Å². The van der Waals surface area contributed by atoms with Crippen LogP contribution in [0.15, 0.2) is 73.3 Å². The number of nitrogens with zero attached hydrogens (tertiary/aromatic N) is 5. The van der Waals surface area contributed by atoms with Crippen LogP contribution in [-0.4, -0.2) is 30.5 Å². The molecule has 2 aromatic heterocycles. The number of benzene rings is 2. The summed E-state index contributed by atoms with van der Waals surface area (Å²) in [6.07, 6.45) is 5.13. The molecule has 4 aromatic rings. The zero-order valence-corrected chi connectivity index (χ0v) is 14.1. The van der Waals surface area contributed by atoms with Crippen LogP contribution in [0.3, 0.4) is 0 Å². The molecule has 0 saturated heterocycles. The van der Waals surface area contributed by atoms with Gasteiger partial charge in [0.1, 0.15) is 6.33 Å². The molecule has 0 atom stereocenters.